The summed E-state index contributed by atoms with van der Waals surface area (Å²) in [5.41, 5.74) is 2.19. The molecule has 3 aromatic rings. The SMILES string of the molecule is COc1ccc(-c2ncnc(N3CCN(Cc4csc(C5CC5)n4)CC3)c2F)cc1. The van der Waals surface area contributed by atoms with E-state index in [1.807, 2.05) is 29.2 Å². The predicted molar refractivity (Wildman–Crippen MR) is 116 cm³/mol. The fraction of sp³-hybridized carbons (Fsp3) is 0.409. The Morgan fingerprint density at radius 2 is 1.87 bits per heavy atom. The number of hydrogen-bond acceptors (Lipinski definition) is 7. The van der Waals surface area contributed by atoms with Crippen molar-refractivity contribution in [1.29, 1.82) is 0 Å². The van der Waals surface area contributed by atoms with Crippen molar-refractivity contribution in [2.75, 3.05) is 38.2 Å². The molecule has 1 aromatic carbocycles. The highest BCUT2D eigenvalue weighted by Crippen LogP contribution is 2.41. The number of halogens is 1. The largest absolute Gasteiger partial charge is 0.497 e. The summed E-state index contributed by atoms with van der Waals surface area (Å²) in [5.74, 6) is 1.44. The number of aromatic nitrogens is 3. The topological polar surface area (TPSA) is 54.4 Å². The van der Waals surface area contributed by atoms with E-state index in [9.17, 15) is 0 Å². The van der Waals surface area contributed by atoms with Gasteiger partial charge in [0.2, 0.25) is 0 Å². The van der Waals surface area contributed by atoms with E-state index in [4.69, 9.17) is 9.72 Å². The number of hydrogen-bond donors (Lipinski definition) is 0. The molecule has 1 aliphatic carbocycles. The first-order valence-corrected chi connectivity index (χ1v) is 11.2. The number of benzene rings is 1. The van der Waals surface area contributed by atoms with Crippen LogP contribution >= 0.6 is 11.3 Å². The van der Waals surface area contributed by atoms with Crippen LogP contribution < -0.4 is 9.64 Å². The Kier molecular flexibility index (Phi) is 5.35. The smallest absolute Gasteiger partial charge is 0.191 e. The molecule has 2 aliphatic rings. The molecule has 0 amide bonds. The van der Waals surface area contributed by atoms with Crippen molar-refractivity contribution in [3.8, 4) is 17.0 Å². The van der Waals surface area contributed by atoms with Crippen LogP contribution in [0.1, 0.15) is 29.5 Å². The number of anilines is 1. The van der Waals surface area contributed by atoms with Crippen LogP contribution in [-0.4, -0.2) is 53.1 Å². The van der Waals surface area contributed by atoms with Crippen LogP contribution in [-0.2, 0) is 6.54 Å². The normalized spacial score (nSPS) is 17.3. The van der Waals surface area contributed by atoms with Gasteiger partial charge in [0.05, 0.1) is 17.8 Å². The Hall–Kier alpha value is -2.58. The van der Waals surface area contributed by atoms with Crippen molar-refractivity contribution >= 4 is 17.2 Å². The van der Waals surface area contributed by atoms with Crippen molar-refractivity contribution in [1.82, 2.24) is 19.9 Å². The van der Waals surface area contributed by atoms with Gasteiger partial charge in [0.25, 0.3) is 0 Å². The highest BCUT2D eigenvalue weighted by atomic mass is 32.1. The minimum atomic E-state index is -0.371. The summed E-state index contributed by atoms with van der Waals surface area (Å²) in [6.45, 7) is 4.04. The van der Waals surface area contributed by atoms with E-state index in [2.05, 4.69) is 20.2 Å². The van der Waals surface area contributed by atoms with Gasteiger partial charge in [-0.05, 0) is 37.1 Å². The van der Waals surface area contributed by atoms with Gasteiger partial charge in [-0.1, -0.05) is 0 Å². The van der Waals surface area contributed by atoms with Gasteiger partial charge in [-0.15, -0.1) is 11.3 Å². The van der Waals surface area contributed by atoms with E-state index in [0.717, 1.165) is 44.2 Å². The van der Waals surface area contributed by atoms with Crippen molar-refractivity contribution in [2.24, 2.45) is 0 Å². The van der Waals surface area contributed by atoms with E-state index in [-0.39, 0.29) is 5.82 Å². The molecule has 3 heterocycles. The van der Waals surface area contributed by atoms with Crippen LogP contribution in [0.4, 0.5) is 10.2 Å². The van der Waals surface area contributed by atoms with Gasteiger partial charge in [0, 0.05) is 49.6 Å². The molecule has 0 unspecified atom stereocenters. The van der Waals surface area contributed by atoms with E-state index in [0.29, 0.717) is 23.0 Å². The van der Waals surface area contributed by atoms with Crippen molar-refractivity contribution in [3.63, 3.8) is 0 Å². The molecule has 6 nitrogen and oxygen atoms in total. The van der Waals surface area contributed by atoms with Crippen LogP contribution in [0.15, 0.2) is 36.0 Å². The number of nitrogens with zero attached hydrogens (tertiary/aromatic N) is 5. The second kappa shape index (κ2) is 8.28. The summed E-state index contributed by atoms with van der Waals surface area (Å²) in [4.78, 5) is 17.6. The van der Waals surface area contributed by atoms with Crippen LogP contribution in [0.25, 0.3) is 11.3 Å². The first-order chi connectivity index (χ1) is 14.7. The molecule has 0 N–H and O–H groups in total. The van der Waals surface area contributed by atoms with Gasteiger partial charge >= 0.3 is 0 Å². The maximum Gasteiger partial charge on any atom is 0.191 e. The van der Waals surface area contributed by atoms with Gasteiger partial charge in [0.1, 0.15) is 17.8 Å². The molecule has 30 heavy (non-hydrogen) atoms. The zero-order valence-electron chi connectivity index (χ0n) is 16.9. The molecule has 8 heteroatoms. The fourth-order valence-corrected chi connectivity index (χ4v) is 4.77. The lowest BCUT2D eigenvalue weighted by molar-refractivity contribution is 0.246. The minimum Gasteiger partial charge on any atom is -0.497 e. The second-order valence-electron chi connectivity index (χ2n) is 7.80. The maximum absolute atomic E-state index is 15.2. The summed E-state index contributed by atoms with van der Waals surface area (Å²) < 4.78 is 20.4. The fourth-order valence-electron chi connectivity index (χ4n) is 3.79. The Morgan fingerprint density at radius 3 is 2.57 bits per heavy atom. The molecule has 1 saturated carbocycles. The highest BCUT2D eigenvalue weighted by molar-refractivity contribution is 7.09. The Bertz CT molecular complexity index is 1010. The van der Waals surface area contributed by atoms with Gasteiger partial charge in [0.15, 0.2) is 11.6 Å². The number of piperazine rings is 1. The predicted octanol–water partition coefficient (Wildman–Crippen LogP) is 3.95. The lowest BCUT2D eigenvalue weighted by Gasteiger charge is -2.35. The third kappa shape index (κ3) is 4.02. The van der Waals surface area contributed by atoms with Gasteiger partial charge < -0.3 is 9.64 Å². The van der Waals surface area contributed by atoms with E-state index in [1.54, 1.807) is 18.4 Å². The zero-order chi connectivity index (χ0) is 20.5. The number of methoxy groups -OCH3 is 1. The lowest BCUT2D eigenvalue weighted by Crippen LogP contribution is -2.46. The summed E-state index contributed by atoms with van der Waals surface area (Å²) in [6.07, 6.45) is 4.02. The summed E-state index contributed by atoms with van der Waals surface area (Å²) in [7, 11) is 1.61. The third-order valence-corrected chi connectivity index (χ3v) is 6.74. The van der Waals surface area contributed by atoms with Crippen molar-refractivity contribution in [2.45, 2.75) is 25.3 Å². The standard InChI is InChI=1S/C22H24FN5OS/c1-29-18-6-4-15(5-7-18)20-19(23)21(25-14-24-20)28-10-8-27(9-11-28)12-17-13-30-22(26-17)16-2-3-16/h4-7,13-14,16H,2-3,8-12H2,1H3. The zero-order valence-corrected chi connectivity index (χ0v) is 17.7. The second-order valence-corrected chi connectivity index (χ2v) is 8.69. The first-order valence-electron chi connectivity index (χ1n) is 10.3. The quantitative estimate of drug-likeness (QED) is 0.596. The Morgan fingerprint density at radius 1 is 1.10 bits per heavy atom. The van der Waals surface area contributed by atoms with E-state index >= 15 is 4.39 Å². The average molecular weight is 426 g/mol. The molecule has 0 atom stereocenters. The van der Waals surface area contributed by atoms with Crippen molar-refractivity contribution in [3.05, 3.63) is 52.5 Å². The molecule has 0 radical (unpaired) electrons. The van der Waals surface area contributed by atoms with Crippen molar-refractivity contribution < 1.29 is 9.13 Å². The number of rotatable bonds is 6. The van der Waals surface area contributed by atoms with Crippen LogP contribution in [0.3, 0.4) is 0 Å². The molecule has 1 saturated heterocycles. The van der Waals surface area contributed by atoms with Gasteiger partial charge in [-0.3, -0.25) is 4.90 Å². The lowest BCUT2D eigenvalue weighted by atomic mass is 10.1. The Balaban J connectivity index is 1.25. The average Bonchev–Trinajstić information content (AvgIpc) is 3.54. The number of thiazole rings is 1. The molecule has 156 valence electrons. The molecule has 0 bridgehead atoms. The van der Waals surface area contributed by atoms with Crippen LogP contribution in [0.2, 0.25) is 0 Å². The van der Waals surface area contributed by atoms with Crippen LogP contribution in [0, 0.1) is 5.82 Å². The van der Waals surface area contributed by atoms with E-state index in [1.165, 1.54) is 24.2 Å². The summed E-state index contributed by atoms with van der Waals surface area (Å²) in [6, 6.07) is 7.25. The van der Waals surface area contributed by atoms with Crippen LogP contribution in [0.5, 0.6) is 5.75 Å². The van der Waals surface area contributed by atoms with E-state index < -0.39 is 0 Å². The maximum atomic E-state index is 15.2. The third-order valence-electron chi connectivity index (χ3n) is 5.69. The minimum absolute atomic E-state index is 0.320. The monoisotopic (exact) mass is 425 g/mol. The molecule has 5 rings (SSSR count). The molecule has 2 aromatic heterocycles. The highest BCUT2D eigenvalue weighted by Gasteiger charge is 2.27. The molecule has 0 spiro atoms. The molecule has 2 fully saturated rings. The van der Waals surface area contributed by atoms with Gasteiger partial charge in [-0.25, -0.2) is 19.3 Å². The molecular formula is C22H24FN5OS. The molecule has 1 aliphatic heterocycles. The number of ether oxygens (including phenoxy) is 1. The summed E-state index contributed by atoms with van der Waals surface area (Å²) >= 11 is 1.79. The molecular weight excluding hydrogens is 401 g/mol. The summed E-state index contributed by atoms with van der Waals surface area (Å²) in [5, 5.41) is 3.48. The first kappa shape index (κ1) is 19.4. The van der Waals surface area contributed by atoms with Gasteiger partial charge in [-0.2, -0.15) is 0 Å². The Labute approximate surface area is 179 Å².